The Hall–Kier alpha value is -2.41. The number of hydrogen-bond donors (Lipinski definition) is 3. The minimum atomic E-state index is -0.378. The third-order valence-corrected chi connectivity index (χ3v) is 2.94. The Kier molecular flexibility index (Phi) is 4.46. The van der Waals surface area contributed by atoms with Gasteiger partial charge >= 0.3 is 0 Å². The van der Waals surface area contributed by atoms with E-state index in [0.29, 0.717) is 22.7 Å². The molecule has 0 aliphatic heterocycles. The second-order valence-electron chi connectivity index (χ2n) is 5.98. The van der Waals surface area contributed by atoms with E-state index < -0.39 is 0 Å². The molecule has 0 saturated heterocycles. The zero-order valence-electron chi connectivity index (χ0n) is 12.9. The highest BCUT2D eigenvalue weighted by Gasteiger charge is 2.21. The average Bonchev–Trinajstić information content (AvgIpc) is 2.88. The Morgan fingerprint density at radius 2 is 2.00 bits per heavy atom. The monoisotopic (exact) mass is 304 g/mol. The zero-order valence-corrected chi connectivity index (χ0v) is 12.9. The fourth-order valence-electron chi connectivity index (χ4n) is 1.78. The van der Waals surface area contributed by atoms with Gasteiger partial charge in [0.25, 0.3) is 0 Å². The van der Waals surface area contributed by atoms with Crippen molar-refractivity contribution in [2.24, 2.45) is 5.73 Å². The Morgan fingerprint density at radius 3 is 2.64 bits per heavy atom. The van der Waals surface area contributed by atoms with E-state index in [1.807, 2.05) is 20.8 Å². The van der Waals surface area contributed by atoms with E-state index in [9.17, 15) is 9.59 Å². The quantitative estimate of drug-likeness (QED) is 0.784. The molecule has 0 unspecified atom stereocenters. The average molecular weight is 304 g/mol. The van der Waals surface area contributed by atoms with Crippen molar-refractivity contribution in [3.05, 3.63) is 24.1 Å². The highest BCUT2D eigenvalue weighted by molar-refractivity contribution is 5.96. The summed E-state index contributed by atoms with van der Waals surface area (Å²) in [6, 6.07) is 5.21. The van der Waals surface area contributed by atoms with E-state index in [1.165, 1.54) is 0 Å². The number of nitrogens with two attached hydrogens (primary N) is 1. The molecule has 118 valence electrons. The summed E-state index contributed by atoms with van der Waals surface area (Å²) in [6.45, 7) is 5.77. The van der Waals surface area contributed by atoms with E-state index in [-0.39, 0.29) is 30.3 Å². The van der Waals surface area contributed by atoms with Gasteiger partial charge in [-0.3, -0.25) is 9.59 Å². The fraction of sp³-hybridized carbons (Fsp3) is 0.400. The lowest BCUT2D eigenvalue weighted by atomic mass is 9.97. The number of anilines is 1. The molecule has 0 radical (unpaired) electrons. The summed E-state index contributed by atoms with van der Waals surface area (Å²) in [5, 5.41) is 5.09. The maximum atomic E-state index is 11.7. The zero-order chi connectivity index (χ0) is 16.3. The van der Waals surface area contributed by atoms with Crippen molar-refractivity contribution in [3.63, 3.8) is 0 Å². The van der Waals surface area contributed by atoms with E-state index in [4.69, 9.17) is 10.2 Å². The maximum Gasteiger partial charge on any atom is 0.243 e. The molecule has 4 N–H and O–H groups in total. The number of fused-ring (bicyclic) bond motifs is 1. The maximum absolute atomic E-state index is 11.7. The summed E-state index contributed by atoms with van der Waals surface area (Å²) in [7, 11) is 0. The van der Waals surface area contributed by atoms with Crippen LogP contribution in [-0.4, -0.2) is 29.9 Å². The van der Waals surface area contributed by atoms with Crippen molar-refractivity contribution in [2.45, 2.75) is 26.2 Å². The minimum Gasteiger partial charge on any atom is -0.440 e. The number of oxazole rings is 1. The van der Waals surface area contributed by atoms with Crippen LogP contribution in [0.5, 0.6) is 0 Å². The number of nitrogens with zero attached hydrogens (tertiary/aromatic N) is 1. The molecule has 1 aromatic carbocycles. The summed E-state index contributed by atoms with van der Waals surface area (Å²) in [5.41, 5.74) is 6.89. The Morgan fingerprint density at radius 1 is 1.27 bits per heavy atom. The van der Waals surface area contributed by atoms with Crippen LogP contribution in [0.2, 0.25) is 0 Å². The van der Waals surface area contributed by atoms with Crippen LogP contribution in [0.15, 0.2) is 22.6 Å². The lowest BCUT2D eigenvalue weighted by Crippen LogP contribution is -2.36. The van der Waals surface area contributed by atoms with Gasteiger partial charge < -0.3 is 20.8 Å². The molecule has 0 aliphatic rings. The summed E-state index contributed by atoms with van der Waals surface area (Å²) in [4.78, 5) is 27.2. The van der Waals surface area contributed by atoms with E-state index >= 15 is 0 Å². The van der Waals surface area contributed by atoms with Crippen molar-refractivity contribution < 1.29 is 14.0 Å². The highest BCUT2D eigenvalue weighted by atomic mass is 16.3. The topological polar surface area (TPSA) is 110 Å². The van der Waals surface area contributed by atoms with Crippen molar-refractivity contribution in [1.82, 2.24) is 10.3 Å². The summed E-state index contributed by atoms with van der Waals surface area (Å²) in [6.07, 6.45) is 0. The lowest BCUT2D eigenvalue weighted by Gasteiger charge is -2.11. The summed E-state index contributed by atoms with van der Waals surface area (Å²) >= 11 is 0. The van der Waals surface area contributed by atoms with Gasteiger partial charge in [-0.2, -0.15) is 0 Å². The molecule has 22 heavy (non-hydrogen) atoms. The largest absolute Gasteiger partial charge is 0.440 e. The van der Waals surface area contributed by atoms with Crippen LogP contribution in [-0.2, 0) is 15.0 Å². The van der Waals surface area contributed by atoms with Crippen LogP contribution in [0.1, 0.15) is 26.7 Å². The van der Waals surface area contributed by atoms with Crippen molar-refractivity contribution in [2.75, 3.05) is 18.4 Å². The standard InChI is InChI=1S/C15H20N4O3/c1-15(2,3)14-19-10-6-9(4-5-11(10)22-14)18-13(21)8-17-12(20)7-16/h4-6H,7-8,16H2,1-3H3,(H,17,20)(H,18,21). The van der Waals surface area contributed by atoms with E-state index in [0.717, 1.165) is 0 Å². The first-order valence-corrected chi connectivity index (χ1v) is 6.97. The van der Waals surface area contributed by atoms with Crippen LogP contribution in [0.3, 0.4) is 0 Å². The number of aromatic nitrogens is 1. The Balaban J connectivity index is 2.09. The van der Waals surface area contributed by atoms with Gasteiger partial charge in [-0.05, 0) is 18.2 Å². The summed E-state index contributed by atoms with van der Waals surface area (Å²) < 4.78 is 5.69. The fourth-order valence-corrected chi connectivity index (χ4v) is 1.78. The Labute approximate surface area is 128 Å². The smallest absolute Gasteiger partial charge is 0.243 e. The van der Waals surface area contributed by atoms with Gasteiger partial charge in [0.1, 0.15) is 5.52 Å². The predicted molar refractivity (Wildman–Crippen MR) is 83.4 cm³/mol. The second kappa shape index (κ2) is 6.15. The second-order valence-corrected chi connectivity index (χ2v) is 5.98. The summed E-state index contributed by atoms with van der Waals surface area (Å²) in [5.74, 6) is -0.0706. The molecule has 1 heterocycles. The van der Waals surface area contributed by atoms with Gasteiger partial charge in [0, 0.05) is 11.1 Å². The molecule has 0 aliphatic carbocycles. The van der Waals surface area contributed by atoms with Crippen molar-refractivity contribution in [1.29, 1.82) is 0 Å². The van der Waals surface area contributed by atoms with Crippen LogP contribution in [0.25, 0.3) is 11.1 Å². The predicted octanol–water partition coefficient (Wildman–Crippen LogP) is 1.14. The molecule has 7 heteroatoms. The molecule has 2 aromatic rings. The molecule has 0 atom stereocenters. The third kappa shape index (κ3) is 3.82. The first-order chi connectivity index (χ1) is 10.3. The molecule has 0 bridgehead atoms. The SMILES string of the molecule is CC(C)(C)c1nc2cc(NC(=O)CNC(=O)CN)ccc2o1. The van der Waals surface area contributed by atoms with Gasteiger partial charge in [-0.15, -0.1) is 0 Å². The van der Waals surface area contributed by atoms with Crippen molar-refractivity contribution in [3.8, 4) is 0 Å². The normalized spacial score (nSPS) is 11.5. The number of nitrogens with one attached hydrogen (secondary N) is 2. The number of benzene rings is 1. The lowest BCUT2D eigenvalue weighted by molar-refractivity contribution is -0.123. The van der Waals surface area contributed by atoms with Gasteiger partial charge in [0.15, 0.2) is 5.58 Å². The first kappa shape index (κ1) is 16.0. The van der Waals surface area contributed by atoms with E-state index in [2.05, 4.69) is 15.6 Å². The van der Waals surface area contributed by atoms with Crippen LogP contribution in [0, 0.1) is 0 Å². The molecule has 0 spiro atoms. The molecule has 1 aromatic heterocycles. The number of amides is 2. The molecule has 7 nitrogen and oxygen atoms in total. The molecular formula is C15H20N4O3. The molecule has 2 amide bonds. The molecule has 0 fully saturated rings. The van der Waals surface area contributed by atoms with Gasteiger partial charge in [0.2, 0.25) is 17.7 Å². The molecule has 0 saturated carbocycles. The third-order valence-electron chi connectivity index (χ3n) is 2.94. The van der Waals surface area contributed by atoms with Crippen LogP contribution in [0.4, 0.5) is 5.69 Å². The van der Waals surface area contributed by atoms with E-state index in [1.54, 1.807) is 18.2 Å². The van der Waals surface area contributed by atoms with Crippen LogP contribution >= 0.6 is 0 Å². The molecule has 2 rings (SSSR count). The number of rotatable bonds is 4. The number of hydrogen-bond acceptors (Lipinski definition) is 5. The molecular weight excluding hydrogens is 284 g/mol. The van der Waals surface area contributed by atoms with Crippen LogP contribution < -0.4 is 16.4 Å². The van der Waals surface area contributed by atoms with Crippen molar-refractivity contribution >= 4 is 28.6 Å². The Bertz CT molecular complexity index is 700. The first-order valence-electron chi connectivity index (χ1n) is 6.97. The highest BCUT2D eigenvalue weighted by Crippen LogP contribution is 2.27. The minimum absolute atomic E-state index is 0.125. The number of carbonyl (C=O) groups is 2. The number of carbonyl (C=O) groups excluding carboxylic acids is 2. The van der Waals surface area contributed by atoms with Gasteiger partial charge in [-0.1, -0.05) is 20.8 Å². The van der Waals surface area contributed by atoms with Gasteiger partial charge in [0.05, 0.1) is 13.1 Å². The van der Waals surface area contributed by atoms with Gasteiger partial charge in [-0.25, -0.2) is 4.98 Å².